The predicted octanol–water partition coefficient (Wildman–Crippen LogP) is 6.95. The first-order valence-electron chi connectivity index (χ1n) is 9.53. The fraction of sp³-hybridized carbons (Fsp3) is 0.125. The van der Waals surface area contributed by atoms with E-state index >= 15 is 0 Å². The molecule has 0 aliphatic carbocycles. The summed E-state index contributed by atoms with van der Waals surface area (Å²) in [6.07, 6.45) is -1.99. The lowest BCUT2D eigenvalue weighted by atomic mass is 9.93. The number of benzene rings is 3. The molecule has 32 heavy (non-hydrogen) atoms. The van der Waals surface area contributed by atoms with Gasteiger partial charge in [-0.25, -0.2) is 8.42 Å². The van der Waals surface area contributed by atoms with Crippen molar-refractivity contribution in [3.8, 4) is 22.3 Å². The van der Waals surface area contributed by atoms with Crippen molar-refractivity contribution < 1.29 is 21.6 Å². The number of pyridine rings is 1. The first kappa shape index (κ1) is 22.3. The van der Waals surface area contributed by atoms with Crippen molar-refractivity contribution in [3.63, 3.8) is 0 Å². The number of hydrogen-bond donors (Lipinski definition) is 0. The van der Waals surface area contributed by atoms with E-state index in [2.05, 4.69) is 4.98 Å². The zero-order valence-corrected chi connectivity index (χ0v) is 18.6. The van der Waals surface area contributed by atoms with Gasteiger partial charge in [-0.3, -0.25) is 4.98 Å². The number of nitrogens with zero attached hydrogens (tertiary/aromatic N) is 1. The van der Waals surface area contributed by atoms with Gasteiger partial charge in [-0.1, -0.05) is 48.0 Å². The van der Waals surface area contributed by atoms with Crippen molar-refractivity contribution in [2.24, 2.45) is 0 Å². The number of alkyl halides is 3. The van der Waals surface area contributed by atoms with Crippen LogP contribution >= 0.6 is 11.6 Å². The molecule has 4 aromatic rings. The third-order valence-electron chi connectivity index (χ3n) is 5.21. The molecule has 0 aliphatic rings. The molecule has 1 aromatic heterocycles. The highest BCUT2D eigenvalue weighted by Crippen LogP contribution is 2.39. The van der Waals surface area contributed by atoms with Gasteiger partial charge in [0.15, 0.2) is 9.84 Å². The van der Waals surface area contributed by atoms with Gasteiger partial charge in [0.25, 0.3) is 0 Å². The molecule has 0 saturated carbocycles. The van der Waals surface area contributed by atoms with E-state index in [4.69, 9.17) is 11.6 Å². The maximum atomic E-state index is 13.5. The predicted molar refractivity (Wildman–Crippen MR) is 120 cm³/mol. The molecule has 0 unspecified atom stereocenters. The van der Waals surface area contributed by atoms with E-state index < -0.39 is 21.6 Å². The maximum Gasteiger partial charge on any atom is 0.418 e. The molecule has 8 heteroatoms. The first-order chi connectivity index (χ1) is 15.0. The van der Waals surface area contributed by atoms with E-state index in [-0.39, 0.29) is 15.4 Å². The second kappa shape index (κ2) is 7.90. The lowest BCUT2D eigenvalue weighted by molar-refractivity contribution is -0.136. The Morgan fingerprint density at radius 2 is 1.56 bits per heavy atom. The summed E-state index contributed by atoms with van der Waals surface area (Å²) in [6, 6.07) is 16.0. The zero-order chi connectivity index (χ0) is 23.3. The summed E-state index contributed by atoms with van der Waals surface area (Å²) in [5.74, 6) is 0. The molecule has 0 saturated heterocycles. The SMILES string of the molecule is Cc1cnc2c(C(F)(F)F)cccc2c1-c1cccc(-c2ccc(S(C)(=O)=O)c(Cl)c2)c1. The van der Waals surface area contributed by atoms with E-state index in [9.17, 15) is 21.6 Å². The van der Waals surface area contributed by atoms with Gasteiger partial charge < -0.3 is 0 Å². The van der Waals surface area contributed by atoms with Crippen LogP contribution in [-0.2, 0) is 16.0 Å². The van der Waals surface area contributed by atoms with Crippen LogP contribution in [-0.4, -0.2) is 19.7 Å². The summed E-state index contributed by atoms with van der Waals surface area (Å²) < 4.78 is 64.2. The van der Waals surface area contributed by atoms with Gasteiger partial charge in [-0.15, -0.1) is 0 Å². The standard InChI is InChI=1S/C24H17ClF3NO2S/c1-14-13-29-23-18(7-4-8-19(23)24(26,27)28)22(14)17-6-3-5-15(11-17)16-9-10-21(20(25)12-16)32(2,30)31/h3-13H,1-2H3. The Morgan fingerprint density at radius 1 is 0.906 bits per heavy atom. The van der Waals surface area contributed by atoms with Crippen LogP contribution in [0.25, 0.3) is 33.2 Å². The number of halogens is 4. The molecular weight excluding hydrogens is 459 g/mol. The monoisotopic (exact) mass is 475 g/mol. The fourth-order valence-corrected chi connectivity index (χ4v) is 5.10. The van der Waals surface area contributed by atoms with Crippen molar-refractivity contribution >= 4 is 32.3 Å². The quantitative estimate of drug-likeness (QED) is 0.322. The van der Waals surface area contributed by atoms with Gasteiger partial charge in [0, 0.05) is 17.8 Å². The number of sulfone groups is 1. The third-order valence-corrected chi connectivity index (χ3v) is 6.79. The van der Waals surface area contributed by atoms with Crippen LogP contribution in [0.1, 0.15) is 11.1 Å². The van der Waals surface area contributed by atoms with Gasteiger partial charge in [0.1, 0.15) is 0 Å². The van der Waals surface area contributed by atoms with Crippen LogP contribution in [0.5, 0.6) is 0 Å². The molecule has 1 heterocycles. The summed E-state index contributed by atoms with van der Waals surface area (Å²) >= 11 is 6.19. The topological polar surface area (TPSA) is 47.0 Å². The Balaban J connectivity index is 1.90. The Hall–Kier alpha value is -2.90. The van der Waals surface area contributed by atoms with Crippen molar-refractivity contribution in [2.45, 2.75) is 18.0 Å². The maximum absolute atomic E-state index is 13.5. The van der Waals surface area contributed by atoms with Gasteiger partial charge in [0.05, 0.1) is 21.0 Å². The number of rotatable bonds is 3. The van der Waals surface area contributed by atoms with Crippen molar-refractivity contribution in [2.75, 3.05) is 6.26 Å². The highest BCUT2D eigenvalue weighted by molar-refractivity contribution is 7.90. The van der Waals surface area contributed by atoms with Gasteiger partial charge in [0.2, 0.25) is 0 Å². The van der Waals surface area contributed by atoms with E-state index in [0.29, 0.717) is 16.5 Å². The molecule has 4 rings (SSSR count). The fourth-order valence-electron chi connectivity index (χ4n) is 3.77. The molecule has 0 spiro atoms. The molecule has 3 nitrogen and oxygen atoms in total. The molecule has 0 bridgehead atoms. The second-order valence-corrected chi connectivity index (χ2v) is 9.91. The molecule has 0 fully saturated rings. The summed E-state index contributed by atoms with van der Waals surface area (Å²) in [6.45, 7) is 1.80. The van der Waals surface area contributed by atoms with E-state index in [1.807, 2.05) is 18.2 Å². The normalized spacial score (nSPS) is 12.3. The Morgan fingerprint density at radius 3 is 2.22 bits per heavy atom. The van der Waals surface area contributed by atoms with Crippen LogP contribution in [0.15, 0.2) is 71.8 Å². The van der Waals surface area contributed by atoms with Crippen LogP contribution in [0.3, 0.4) is 0 Å². The minimum atomic E-state index is -4.51. The molecule has 0 amide bonds. The number of aromatic nitrogens is 1. The van der Waals surface area contributed by atoms with Crippen molar-refractivity contribution in [3.05, 3.63) is 83.0 Å². The summed E-state index contributed by atoms with van der Waals surface area (Å²) in [5.41, 5.74) is 2.66. The van der Waals surface area contributed by atoms with Gasteiger partial charge >= 0.3 is 6.18 Å². The van der Waals surface area contributed by atoms with Crippen molar-refractivity contribution in [1.82, 2.24) is 4.98 Å². The Bertz CT molecular complexity index is 1460. The lowest BCUT2D eigenvalue weighted by Crippen LogP contribution is -2.07. The molecular formula is C24H17ClF3NO2S. The van der Waals surface area contributed by atoms with Crippen LogP contribution < -0.4 is 0 Å². The summed E-state index contributed by atoms with van der Waals surface area (Å²) in [7, 11) is -3.46. The molecule has 0 radical (unpaired) electrons. The van der Waals surface area contributed by atoms with Crippen LogP contribution in [0.2, 0.25) is 5.02 Å². The van der Waals surface area contributed by atoms with Crippen LogP contribution in [0.4, 0.5) is 13.2 Å². The van der Waals surface area contributed by atoms with Crippen molar-refractivity contribution in [1.29, 1.82) is 0 Å². The average Bonchev–Trinajstić information content (AvgIpc) is 2.71. The smallest absolute Gasteiger partial charge is 0.255 e. The number of fused-ring (bicyclic) bond motifs is 1. The van der Waals surface area contributed by atoms with E-state index in [1.165, 1.54) is 18.3 Å². The molecule has 0 atom stereocenters. The molecule has 0 aliphatic heterocycles. The Kier molecular flexibility index (Phi) is 5.51. The Labute approximate surface area is 188 Å². The second-order valence-electron chi connectivity index (χ2n) is 7.51. The van der Waals surface area contributed by atoms with Gasteiger partial charge in [-0.2, -0.15) is 13.2 Å². The first-order valence-corrected chi connectivity index (χ1v) is 11.8. The average molecular weight is 476 g/mol. The minimum absolute atomic E-state index is 0.0368. The minimum Gasteiger partial charge on any atom is -0.255 e. The highest BCUT2D eigenvalue weighted by Gasteiger charge is 2.33. The summed E-state index contributed by atoms with van der Waals surface area (Å²) in [5, 5.41) is 0.512. The molecule has 3 aromatic carbocycles. The van der Waals surface area contributed by atoms with E-state index in [1.54, 1.807) is 31.2 Å². The number of hydrogen-bond acceptors (Lipinski definition) is 3. The largest absolute Gasteiger partial charge is 0.418 e. The number of para-hydroxylation sites is 1. The van der Waals surface area contributed by atoms with Crippen LogP contribution in [0, 0.1) is 6.92 Å². The lowest BCUT2D eigenvalue weighted by Gasteiger charge is -2.15. The molecule has 164 valence electrons. The summed E-state index contributed by atoms with van der Waals surface area (Å²) in [4.78, 5) is 4.10. The molecule has 0 N–H and O–H groups in total. The number of aryl methyl sites for hydroxylation is 1. The highest BCUT2D eigenvalue weighted by atomic mass is 35.5. The third kappa shape index (κ3) is 4.10. The van der Waals surface area contributed by atoms with Gasteiger partial charge in [-0.05, 0) is 59.0 Å². The zero-order valence-electron chi connectivity index (χ0n) is 17.0. The van der Waals surface area contributed by atoms with E-state index in [0.717, 1.165) is 29.0 Å².